The van der Waals surface area contributed by atoms with Gasteiger partial charge in [-0.2, -0.15) is 0 Å². The highest BCUT2D eigenvalue weighted by Crippen LogP contribution is 2.09. The summed E-state index contributed by atoms with van der Waals surface area (Å²) < 4.78 is 11.1. The molecule has 0 bridgehead atoms. The highest BCUT2D eigenvalue weighted by atomic mass is 16.6. The van der Waals surface area contributed by atoms with Crippen molar-refractivity contribution in [2.24, 2.45) is 0 Å². The third kappa shape index (κ3) is 5.04. The van der Waals surface area contributed by atoms with E-state index < -0.39 is 0 Å². The zero-order valence-electron chi connectivity index (χ0n) is 14.4. The second-order valence-electron chi connectivity index (χ2n) is 6.08. The van der Waals surface area contributed by atoms with E-state index in [2.05, 4.69) is 15.3 Å². The number of hydrogen-bond acceptors (Lipinski definition) is 5. The summed E-state index contributed by atoms with van der Waals surface area (Å²) in [6.07, 6.45) is 1.35. The van der Waals surface area contributed by atoms with Crippen LogP contribution in [0.3, 0.4) is 0 Å². The van der Waals surface area contributed by atoms with E-state index in [1.54, 1.807) is 11.2 Å². The monoisotopic (exact) mass is 344 g/mol. The average Bonchev–Trinajstić information content (AvgIpc) is 3.06. The molecule has 7 nitrogen and oxygen atoms in total. The number of nitrogens with zero attached hydrogens (tertiary/aromatic N) is 2. The molecule has 134 valence electrons. The third-order valence-corrected chi connectivity index (χ3v) is 4.20. The van der Waals surface area contributed by atoms with Crippen LogP contribution in [-0.2, 0) is 22.6 Å². The number of aryl methyl sites for hydroxylation is 1. The fourth-order valence-electron chi connectivity index (χ4n) is 2.74. The number of carbonyl (C=O) groups excluding carboxylic acids is 1. The van der Waals surface area contributed by atoms with Crippen LogP contribution >= 0.6 is 0 Å². The molecular formula is C18H24N4O3. The zero-order chi connectivity index (χ0) is 17.5. The summed E-state index contributed by atoms with van der Waals surface area (Å²) in [5.74, 6) is 0. The molecule has 25 heavy (non-hydrogen) atoms. The van der Waals surface area contributed by atoms with Gasteiger partial charge >= 0.3 is 6.09 Å². The van der Waals surface area contributed by atoms with Gasteiger partial charge in [-0.1, -0.05) is 30.3 Å². The highest BCUT2D eigenvalue weighted by Gasteiger charge is 2.25. The fourth-order valence-corrected chi connectivity index (χ4v) is 2.74. The Morgan fingerprint density at radius 1 is 1.44 bits per heavy atom. The van der Waals surface area contributed by atoms with E-state index in [0.29, 0.717) is 39.4 Å². The van der Waals surface area contributed by atoms with Crippen molar-refractivity contribution in [3.63, 3.8) is 0 Å². The number of imidazole rings is 1. The number of benzene rings is 1. The molecule has 2 heterocycles. The van der Waals surface area contributed by atoms with E-state index in [1.807, 2.05) is 37.3 Å². The molecule has 2 aromatic rings. The van der Waals surface area contributed by atoms with E-state index >= 15 is 0 Å². The van der Waals surface area contributed by atoms with Crippen LogP contribution in [0.25, 0.3) is 0 Å². The van der Waals surface area contributed by atoms with Gasteiger partial charge in [-0.25, -0.2) is 9.78 Å². The van der Waals surface area contributed by atoms with Crippen LogP contribution in [0, 0.1) is 6.92 Å². The maximum atomic E-state index is 12.2. The maximum Gasteiger partial charge on any atom is 0.410 e. The van der Waals surface area contributed by atoms with Crippen molar-refractivity contribution in [1.29, 1.82) is 0 Å². The molecule has 2 N–H and O–H groups in total. The van der Waals surface area contributed by atoms with Gasteiger partial charge in [-0.05, 0) is 12.5 Å². The van der Waals surface area contributed by atoms with Gasteiger partial charge in [0.15, 0.2) is 0 Å². The number of aromatic amines is 1. The van der Waals surface area contributed by atoms with Crippen molar-refractivity contribution in [2.45, 2.75) is 26.2 Å². The molecule has 1 unspecified atom stereocenters. The minimum atomic E-state index is -0.291. The lowest BCUT2D eigenvalue weighted by Gasteiger charge is -2.32. The summed E-state index contributed by atoms with van der Waals surface area (Å²) >= 11 is 0. The van der Waals surface area contributed by atoms with Crippen LogP contribution in [0.5, 0.6) is 0 Å². The van der Waals surface area contributed by atoms with Gasteiger partial charge in [-0.15, -0.1) is 0 Å². The van der Waals surface area contributed by atoms with E-state index in [0.717, 1.165) is 17.0 Å². The van der Waals surface area contributed by atoms with Crippen LogP contribution in [0.1, 0.15) is 17.0 Å². The van der Waals surface area contributed by atoms with Crippen molar-refractivity contribution < 1.29 is 14.3 Å². The number of rotatable bonds is 6. The Kier molecular flexibility index (Phi) is 6.03. The van der Waals surface area contributed by atoms with Crippen molar-refractivity contribution in [1.82, 2.24) is 20.2 Å². The fraction of sp³-hybridized carbons (Fsp3) is 0.444. The van der Waals surface area contributed by atoms with Crippen molar-refractivity contribution in [2.75, 3.05) is 26.2 Å². The predicted molar refractivity (Wildman–Crippen MR) is 93.0 cm³/mol. The first-order valence-corrected chi connectivity index (χ1v) is 8.49. The molecule has 0 saturated carbocycles. The van der Waals surface area contributed by atoms with Gasteiger partial charge in [0.05, 0.1) is 31.3 Å². The predicted octanol–water partition coefficient (Wildman–Crippen LogP) is 1.85. The number of nitrogens with one attached hydrogen (secondary N) is 2. The van der Waals surface area contributed by atoms with Gasteiger partial charge in [0.25, 0.3) is 0 Å². The number of H-pyrrole nitrogens is 1. The van der Waals surface area contributed by atoms with E-state index in [1.165, 1.54) is 0 Å². The Labute approximate surface area is 147 Å². The van der Waals surface area contributed by atoms with Crippen LogP contribution < -0.4 is 5.32 Å². The summed E-state index contributed by atoms with van der Waals surface area (Å²) in [6, 6.07) is 9.68. The lowest BCUT2D eigenvalue weighted by atomic mass is 10.2. The second-order valence-corrected chi connectivity index (χ2v) is 6.08. The molecule has 1 amide bonds. The van der Waals surface area contributed by atoms with Crippen LogP contribution in [-0.4, -0.2) is 53.3 Å². The minimum Gasteiger partial charge on any atom is -0.445 e. The number of morpholine rings is 1. The standard InChI is InChI=1S/C18H24N4O3/c1-14-17(21-13-20-14)10-19-9-16-11-22(7-8-24-16)18(23)25-12-15-5-3-2-4-6-15/h2-6,13,16,19H,7-12H2,1H3,(H,20,21). The van der Waals surface area contributed by atoms with Gasteiger partial charge < -0.3 is 24.7 Å². The van der Waals surface area contributed by atoms with Crippen molar-refractivity contribution >= 4 is 6.09 Å². The van der Waals surface area contributed by atoms with Gasteiger partial charge in [0.1, 0.15) is 6.61 Å². The molecule has 3 rings (SSSR count). The summed E-state index contributed by atoms with van der Waals surface area (Å²) in [5.41, 5.74) is 3.04. The molecule has 0 aliphatic carbocycles. The Morgan fingerprint density at radius 2 is 2.28 bits per heavy atom. The maximum absolute atomic E-state index is 12.2. The first kappa shape index (κ1) is 17.4. The van der Waals surface area contributed by atoms with Crippen LogP contribution in [0.2, 0.25) is 0 Å². The molecule has 1 atom stereocenters. The number of ether oxygens (including phenoxy) is 2. The third-order valence-electron chi connectivity index (χ3n) is 4.20. The summed E-state index contributed by atoms with van der Waals surface area (Å²) in [4.78, 5) is 21.2. The molecule has 1 aliphatic rings. The Hall–Kier alpha value is -2.38. The Bertz CT molecular complexity index is 674. The molecule has 0 radical (unpaired) electrons. The normalized spacial score (nSPS) is 17.5. The van der Waals surface area contributed by atoms with Crippen molar-refractivity contribution in [3.8, 4) is 0 Å². The quantitative estimate of drug-likeness (QED) is 0.836. The first-order valence-electron chi connectivity index (χ1n) is 8.49. The molecule has 7 heteroatoms. The zero-order valence-corrected chi connectivity index (χ0v) is 14.4. The number of aromatic nitrogens is 2. The van der Waals surface area contributed by atoms with Gasteiger partial charge in [0, 0.05) is 25.3 Å². The summed E-state index contributed by atoms with van der Waals surface area (Å²) in [7, 11) is 0. The first-order chi connectivity index (χ1) is 12.2. The van der Waals surface area contributed by atoms with Gasteiger partial charge in [0.2, 0.25) is 0 Å². The molecule has 0 spiro atoms. The molecule has 1 fully saturated rings. The van der Waals surface area contributed by atoms with Gasteiger partial charge in [-0.3, -0.25) is 0 Å². The van der Waals surface area contributed by atoms with E-state index in [9.17, 15) is 4.79 Å². The molecule has 1 aromatic heterocycles. The van der Waals surface area contributed by atoms with Crippen LogP contribution in [0.4, 0.5) is 4.79 Å². The Morgan fingerprint density at radius 3 is 3.04 bits per heavy atom. The minimum absolute atomic E-state index is 0.0442. The van der Waals surface area contributed by atoms with E-state index in [4.69, 9.17) is 9.47 Å². The summed E-state index contributed by atoms with van der Waals surface area (Å²) in [6.45, 7) is 5.23. The second kappa shape index (κ2) is 8.64. The number of amides is 1. The lowest BCUT2D eigenvalue weighted by molar-refractivity contribution is -0.0271. The molecule has 1 aliphatic heterocycles. The average molecular weight is 344 g/mol. The SMILES string of the molecule is Cc1[nH]cnc1CNCC1CN(C(=O)OCc2ccccc2)CCO1. The van der Waals surface area contributed by atoms with Crippen LogP contribution in [0.15, 0.2) is 36.7 Å². The van der Waals surface area contributed by atoms with Crippen molar-refractivity contribution in [3.05, 3.63) is 53.6 Å². The highest BCUT2D eigenvalue weighted by molar-refractivity contribution is 5.67. The molecule has 1 saturated heterocycles. The number of hydrogen-bond donors (Lipinski definition) is 2. The largest absolute Gasteiger partial charge is 0.445 e. The summed E-state index contributed by atoms with van der Waals surface area (Å²) in [5, 5.41) is 3.33. The van der Waals surface area contributed by atoms with E-state index in [-0.39, 0.29) is 12.2 Å². The lowest BCUT2D eigenvalue weighted by Crippen LogP contribution is -2.49. The molecular weight excluding hydrogens is 320 g/mol. The molecule has 1 aromatic carbocycles. The smallest absolute Gasteiger partial charge is 0.410 e. The Balaban J connectivity index is 1.41. The number of carbonyl (C=O) groups is 1. The topological polar surface area (TPSA) is 79.5 Å².